The summed E-state index contributed by atoms with van der Waals surface area (Å²) in [5, 5.41) is 11.7. The van der Waals surface area contributed by atoms with Crippen molar-refractivity contribution in [1.29, 1.82) is 5.26 Å². The number of nitriles is 1. The summed E-state index contributed by atoms with van der Waals surface area (Å²) >= 11 is 0. The van der Waals surface area contributed by atoms with Gasteiger partial charge in [-0.1, -0.05) is 19.9 Å². The van der Waals surface area contributed by atoms with Crippen molar-refractivity contribution in [2.45, 2.75) is 34.1 Å². The van der Waals surface area contributed by atoms with Crippen molar-refractivity contribution in [2.24, 2.45) is 13.0 Å². The monoisotopic (exact) mass is 369 g/mol. The van der Waals surface area contributed by atoms with Gasteiger partial charge in [0.2, 0.25) is 5.69 Å². The Morgan fingerprint density at radius 2 is 1.89 bits per heavy atom. The van der Waals surface area contributed by atoms with E-state index in [2.05, 4.69) is 62.9 Å². The van der Waals surface area contributed by atoms with Gasteiger partial charge < -0.3 is 4.42 Å². The highest BCUT2D eigenvalue weighted by Crippen LogP contribution is 2.41. The molecule has 140 valence electrons. The third kappa shape index (κ3) is 2.77. The van der Waals surface area contributed by atoms with E-state index in [1.54, 1.807) is 0 Å². The zero-order valence-electron chi connectivity index (χ0n) is 17.1. The summed E-state index contributed by atoms with van der Waals surface area (Å²) < 4.78 is 8.63. The van der Waals surface area contributed by atoms with Gasteiger partial charge in [0, 0.05) is 28.5 Å². The van der Waals surface area contributed by atoms with Crippen LogP contribution < -0.4 is 4.57 Å². The Balaban J connectivity index is 2.19. The summed E-state index contributed by atoms with van der Waals surface area (Å²) in [5.74, 6) is 0.547. The van der Waals surface area contributed by atoms with E-state index in [9.17, 15) is 5.26 Å². The Hall–Kier alpha value is -3.12. The van der Waals surface area contributed by atoms with Gasteiger partial charge in [0.25, 0.3) is 0 Å². The van der Waals surface area contributed by atoms with Crippen molar-refractivity contribution in [3.63, 3.8) is 0 Å². The number of rotatable bonds is 3. The number of nitrogens with zero attached hydrogens (tertiary/aromatic N) is 2. The van der Waals surface area contributed by atoms with Crippen molar-refractivity contribution in [3.8, 4) is 17.3 Å². The lowest BCUT2D eigenvalue weighted by molar-refractivity contribution is -0.660. The molecule has 3 heteroatoms. The van der Waals surface area contributed by atoms with Crippen LogP contribution in [0.5, 0.6) is 0 Å². The Kier molecular flexibility index (Phi) is 4.43. The van der Waals surface area contributed by atoms with E-state index in [1.165, 1.54) is 16.5 Å². The minimum atomic E-state index is 0.547. The number of hydrogen-bond donors (Lipinski definition) is 0. The van der Waals surface area contributed by atoms with Crippen molar-refractivity contribution in [2.75, 3.05) is 0 Å². The second-order valence-electron chi connectivity index (χ2n) is 8.06. The Bertz CT molecular complexity index is 1260. The molecule has 0 radical (unpaired) electrons. The van der Waals surface area contributed by atoms with Gasteiger partial charge in [0.05, 0.1) is 17.2 Å². The van der Waals surface area contributed by atoms with Crippen LogP contribution >= 0.6 is 0 Å². The third-order valence-electron chi connectivity index (χ3n) is 5.50. The number of aromatic nitrogens is 1. The molecule has 0 N–H and O–H groups in total. The quantitative estimate of drug-likeness (QED) is 0.431. The van der Waals surface area contributed by atoms with Crippen LogP contribution in [0.25, 0.3) is 33.2 Å². The first-order valence-electron chi connectivity index (χ1n) is 9.75. The smallest absolute Gasteiger partial charge is 0.216 e. The van der Waals surface area contributed by atoms with Crippen LogP contribution in [0.4, 0.5) is 0 Å². The highest BCUT2D eigenvalue weighted by molar-refractivity contribution is 6.12. The average molecular weight is 369 g/mol. The normalized spacial score (nSPS) is 11.5. The van der Waals surface area contributed by atoms with E-state index < -0.39 is 0 Å². The minimum Gasteiger partial charge on any atom is -0.455 e. The van der Waals surface area contributed by atoms with Crippen LogP contribution in [-0.4, -0.2) is 0 Å². The average Bonchev–Trinajstić information content (AvgIpc) is 3.03. The van der Waals surface area contributed by atoms with Crippen LogP contribution in [0.2, 0.25) is 0 Å². The fourth-order valence-corrected chi connectivity index (χ4v) is 4.20. The summed E-state index contributed by atoms with van der Waals surface area (Å²) in [7, 11) is 2.06. The summed E-state index contributed by atoms with van der Waals surface area (Å²) in [6, 6.07) is 14.8. The molecule has 0 spiro atoms. The first-order chi connectivity index (χ1) is 13.4. The molecule has 4 rings (SSSR count). The van der Waals surface area contributed by atoms with Crippen LogP contribution in [0.1, 0.15) is 36.1 Å². The number of furan rings is 1. The predicted molar refractivity (Wildman–Crippen MR) is 113 cm³/mol. The molecule has 28 heavy (non-hydrogen) atoms. The SMILES string of the molecule is Cc1cc(CC(C)C)c2c(oc3c(C)c(C#N)ccc32)c1-c1cccc[n+]1C. The molecule has 0 fully saturated rings. The fourth-order valence-electron chi connectivity index (χ4n) is 4.20. The molecule has 0 amide bonds. The van der Waals surface area contributed by atoms with Gasteiger partial charge in [-0.05, 0) is 55.5 Å². The molecule has 0 saturated carbocycles. The molecule has 0 unspecified atom stereocenters. The predicted octanol–water partition coefficient (Wildman–Crippen LogP) is 5.76. The molecule has 2 heterocycles. The van der Waals surface area contributed by atoms with Crippen molar-refractivity contribution in [3.05, 3.63) is 64.8 Å². The van der Waals surface area contributed by atoms with Crippen molar-refractivity contribution < 1.29 is 8.98 Å². The molecular formula is C25H25N2O+. The largest absolute Gasteiger partial charge is 0.455 e. The van der Waals surface area contributed by atoms with Crippen LogP contribution in [-0.2, 0) is 13.5 Å². The van der Waals surface area contributed by atoms with E-state index in [0.29, 0.717) is 11.5 Å². The maximum Gasteiger partial charge on any atom is 0.216 e. The zero-order chi connectivity index (χ0) is 20.0. The van der Waals surface area contributed by atoms with Gasteiger partial charge in [0.1, 0.15) is 18.2 Å². The Morgan fingerprint density at radius 3 is 2.57 bits per heavy atom. The number of hydrogen-bond acceptors (Lipinski definition) is 2. The fraction of sp³-hybridized carbons (Fsp3) is 0.280. The van der Waals surface area contributed by atoms with Gasteiger partial charge in [0.15, 0.2) is 6.20 Å². The summed E-state index contributed by atoms with van der Waals surface area (Å²) in [6.07, 6.45) is 3.05. The molecule has 4 aromatic rings. The van der Waals surface area contributed by atoms with Gasteiger partial charge in [-0.25, -0.2) is 4.57 Å². The highest BCUT2D eigenvalue weighted by atomic mass is 16.3. The maximum absolute atomic E-state index is 9.44. The van der Waals surface area contributed by atoms with E-state index in [4.69, 9.17) is 4.42 Å². The second-order valence-corrected chi connectivity index (χ2v) is 8.06. The van der Waals surface area contributed by atoms with E-state index >= 15 is 0 Å². The van der Waals surface area contributed by atoms with Crippen molar-refractivity contribution >= 4 is 21.9 Å². The molecule has 0 bridgehead atoms. The lowest BCUT2D eigenvalue weighted by Crippen LogP contribution is -2.30. The standard InChI is InChI=1S/C25H25N2O/c1-15(2)12-19-13-16(3)22(21-8-6-7-11-27(21)5)25-23(19)20-10-9-18(14-26)17(4)24(20)28-25/h6-11,13,15H,12H2,1-5H3/q+1. The topological polar surface area (TPSA) is 40.8 Å². The highest BCUT2D eigenvalue weighted by Gasteiger charge is 2.24. The van der Waals surface area contributed by atoms with E-state index in [0.717, 1.165) is 39.8 Å². The minimum absolute atomic E-state index is 0.547. The number of pyridine rings is 1. The maximum atomic E-state index is 9.44. The second kappa shape index (κ2) is 6.80. The molecule has 2 aromatic carbocycles. The van der Waals surface area contributed by atoms with E-state index in [1.807, 2.05) is 25.1 Å². The molecule has 0 saturated heterocycles. The van der Waals surface area contributed by atoms with E-state index in [-0.39, 0.29) is 0 Å². The summed E-state index contributed by atoms with van der Waals surface area (Å²) in [4.78, 5) is 0. The number of aryl methyl sites for hydroxylation is 3. The van der Waals surface area contributed by atoms with Gasteiger partial charge >= 0.3 is 0 Å². The third-order valence-corrected chi connectivity index (χ3v) is 5.50. The molecule has 3 nitrogen and oxygen atoms in total. The van der Waals surface area contributed by atoms with Gasteiger partial charge in [-0.3, -0.25) is 0 Å². The molecule has 0 aliphatic carbocycles. The van der Waals surface area contributed by atoms with Crippen LogP contribution in [0.3, 0.4) is 0 Å². The van der Waals surface area contributed by atoms with Gasteiger partial charge in [-0.2, -0.15) is 5.26 Å². The van der Waals surface area contributed by atoms with Crippen LogP contribution in [0, 0.1) is 31.1 Å². The van der Waals surface area contributed by atoms with Crippen LogP contribution in [0.15, 0.2) is 47.0 Å². The van der Waals surface area contributed by atoms with Crippen molar-refractivity contribution in [1.82, 2.24) is 0 Å². The summed E-state index contributed by atoms with van der Waals surface area (Å²) in [5.41, 5.74) is 8.09. The lowest BCUT2D eigenvalue weighted by atomic mass is 9.91. The molecule has 0 atom stereocenters. The Morgan fingerprint density at radius 1 is 1.11 bits per heavy atom. The molecule has 2 aromatic heterocycles. The lowest BCUT2D eigenvalue weighted by Gasteiger charge is -2.12. The first-order valence-corrected chi connectivity index (χ1v) is 9.75. The number of fused-ring (bicyclic) bond motifs is 3. The number of benzene rings is 2. The first kappa shape index (κ1) is 18.3. The van der Waals surface area contributed by atoms with Gasteiger partial charge in [-0.15, -0.1) is 0 Å². The molecule has 0 aliphatic heterocycles. The molecular weight excluding hydrogens is 344 g/mol. The molecule has 0 aliphatic rings. The Labute approximate surface area is 165 Å². The zero-order valence-corrected chi connectivity index (χ0v) is 17.1. The summed E-state index contributed by atoms with van der Waals surface area (Å²) in [6.45, 7) is 8.62.